The third-order valence-corrected chi connectivity index (χ3v) is 8.96. The van der Waals surface area contributed by atoms with Crippen molar-refractivity contribution in [1.29, 1.82) is 0 Å². The lowest BCUT2D eigenvalue weighted by atomic mass is 10.0. The number of hydrogen-bond donors (Lipinski definition) is 3. The molecule has 1 aromatic heterocycles. The molecular weight excluding hydrogens is 635 g/mol. The van der Waals surface area contributed by atoms with Crippen LogP contribution in [-0.2, 0) is 16.6 Å². The molecule has 1 heterocycles. The van der Waals surface area contributed by atoms with Crippen LogP contribution in [0.4, 0.5) is 11.4 Å². The van der Waals surface area contributed by atoms with E-state index < -0.39 is 11.8 Å². The van der Waals surface area contributed by atoms with Gasteiger partial charge in [-0.1, -0.05) is 78.9 Å². The van der Waals surface area contributed by atoms with Gasteiger partial charge in [-0.3, -0.25) is 23.9 Å². The Labute approximate surface area is 287 Å². The van der Waals surface area contributed by atoms with Crippen molar-refractivity contribution < 1.29 is 14.4 Å². The number of para-hydroxylation sites is 1. The Bertz CT molecular complexity index is 2240. The molecule has 6 rings (SSSR count). The second-order valence-corrected chi connectivity index (χ2v) is 12.2. The molecule has 0 aliphatic carbocycles. The number of anilines is 2. The van der Waals surface area contributed by atoms with Gasteiger partial charge in [0.15, 0.2) is 0 Å². The molecule has 0 saturated heterocycles. The van der Waals surface area contributed by atoms with Crippen molar-refractivity contribution in [3.63, 3.8) is 0 Å². The van der Waals surface area contributed by atoms with Crippen LogP contribution in [0.25, 0.3) is 22.5 Å². The molecule has 0 bridgehead atoms. The van der Waals surface area contributed by atoms with Gasteiger partial charge in [-0.25, -0.2) is 4.68 Å². The highest BCUT2D eigenvalue weighted by atomic mass is 32.2. The van der Waals surface area contributed by atoms with Gasteiger partial charge in [0.1, 0.15) is 11.4 Å². The van der Waals surface area contributed by atoms with Crippen LogP contribution in [-0.4, -0.2) is 32.8 Å². The zero-order valence-electron chi connectivity index (χ0n) is 26.8. The smallest absolute Gasteiger partial charge is 0.295 e. The van der Waals surface area contributed by atoms with Crippen LogP contribution in [0.1, 0.15) is 21.6 Å². The molecule has 0 aliphatic rings. The van der Waals surface area contributed by atoms with Crippen LogP contribution in [0.3, 0.4) is 0 Å². The van der Waals surface area contributed by atoms with Gasteiger partial charge in [-0.05, 0) is 77.9 Å². The summed E-state index contributed by atoms with van der Waals surface area (Å²) in [5.74, 6) is -1.13. The van der Waals surface area contributed by atoms with E-state index in [-0.39, 0.29) is 28.6 Å². The number of fused-ring (bicyclic) bond motifs is 1. The highest BCUT2D eigenvalue weighted by Gasteiger charge is 2.19. The van der Waals surface area contributed by atoms with E-state index in [4.69, 9.17) is 0 Å². The van der Waals surface area contributed by atoms with Gasteiger partial charge in [0, 0.05) is 23.2 Å². The Kier molecular flexibility index (Phi) is 9.87. The van der Waals surface area contributed by atoms with Gasteiger partial charge in [0.2, 0.25) is 5.91 Å². The molecule has 0 spiro atoms. The van der Waals surface area contributed by atoms with Crippen LogP contribution in [0.5, 0.6) is 0 Å². The van der Waals surface area contributed by atoms with E-state index in [0.29, 0.717) is 22.6 Å². The number of carbonyl (C=O) groups excluding carboxylic acids is 3. The maximum absolute atomic E-state index is 13.6. The first-order chi connectivity index (χ1) is 23.8. The minimum atomic E-state index is -0.489. The predicted molar refractivity (Wildman–Crippen MR) is 196 cm³/mol. The van der Waals surface area contributed by atoms with Gasteiger partial charge in [0.05, 0.1) is 17.1 Å². The summed E-state index contributed by atoms with van der Waals surface area (Å²) >= 11 is 1.30. The highest BCUT2D eigenvalue weighted by molar-refractivity contribution is 8.00. The maximum Gasteiger partial charge on any atom is 0.295 e. The number of nitrogens with one attached hydrogen (secondary N) is 3. The number of hydrogen-bond acceptors (Lipinski definition) is 5. The second kappa shape index (κ2) is 14.7. The number of rotatable bonds is 10. The Morgan fingerprint density at radius 3 is 2.14 bits per heavy atom. The minimum absolute atomic E-state index is 0.0776. The molecule has 0 radical (unpaired) electrons. The number of amides is 3. The predicted octanol–water partition coefficient (Wildman–Crippen LogP) is 6.78. The molecule has 0 fully saturated rings. The Morgan fingerprint density at radius 2 is 1.41 bits per heavy atom. The zero-order valence-corrected chi connectivity index (χ0v) is 27.7. The van der Waals surface area contributed by atoms with Gasteiger partial charge in [0.25, 0.3) is 17.4 Å². The minimum Gasteiger partial charge on any atom is -0.321 e. The number of thioether (sulfide) groups is 1. The monoisotopic (exact) mass is 667 g/mol. The molecule has 49 heavy (non-hydrogen) atoms. The quantitative estimate of drug-likeness (QED) is 0.110. The van der Waals surface area contributed by atoms with Gasteiger partial charge >= 0.3 is 0 Å². The summed E-state index contributed by atoms with van der Waals surface area (Å²) in [5.41, 5.74) is 3.08. The first-order valence-electron chi connectivity index (χ1n) is 15.5. The Hall–Kier alpha value is -6.13. The molecule has 244 valence electrons. The van der Waals surface area contributed by atoms with E-state index in [2.05, 4.69) is 16.0 Å². The Morgan fingerprint density at radius 1 is 0.755 bits per heavy atom. The average Bonchev–Trinajstić information content (AvgIpc) is 3.34. The fourth-order valence-electron chi connectivity index (χ4n) is 5.34. The van der Waals surface area contributed by atoms with Crippen molar-refractivity contribution in [3.8, 4) is 5.69 Å². The average molecular weight is 668 g/mol. The summed E-state index contributed by atoms with van der Waals surface area (Å²) in [4.78, 5) is 53.5. The molecular formula is C39H33N5O4S. The van der Waals surface area contributed by atoms with E-state index in [0.717, 1.165) is 21.2 Å². The summed E-state index contributed by atoms with van der Waals surface area (Å²) < 4.78 is 3.23. The number of benzene rings is 5. The lowest BCUT2D eigenvalue weighted by Gasteiger charge is -2.12. The molecule has 9 nitrogen and oxygen atoms in total. The molecule has 0 saturated carbocycles. The molecule has 10 heteroatoms. The van der Waals surface area contributed by atoms with Crippen molar-refractivity contribution >= 4 is 57.7 Å². The first-order valence-corrected chi connectivity index (χ1v) is 16.5. The molecule has 3 N–H and O–H groups in total. The molecule has 3 amide bonds. The lowest BCUT2D eigenvalue weighted by Crippen LogP contribution is -2.30. The zero-order chi connectivity index (χ0) is 34.3. The summed E-state index contributed by atoms with van der Waals surface area (Å²) in [6.45, 7) is 1.78. The second-order valence-electron chi connectivity index (χ2n) is 11.2. The summed E-state index contributed by atoms with van der Waals surface area (Å²) in [7, 11) is 1.77. The topological polar surface area (TPSA) is 114 Å². The SMILES string of the molecule is Cc1c(NC(=O)CSc2ccc(NC(=O)/C(=C/c3cccc4ccccc34)NC(=O)c3ccccc3)cc2)c(=O)n(-c2ccccc2)n1C. The van der Waals surface area contributed by atoms with Crippen molar-refractivity contribution in [3.05, 3.63) is 160 Å². The Balaban J connectivity index is 1.13. The van der Waals surface area contributed by atoms with Crippen molar-refractivity contribution in [1.82, 2.24) is 14.7 Å². The van der Waals surface area contributed by atoms with Crippen molar-refractivity contribution in [2.45, 2.75) is 11.8 Å². The lowest BCUT2D eigenvalue weighted by molar-refractivity contribution is -0.114. The van der Waals surface area contributed by atoms with Crippen LogP contribution in [0, 0.1) is 6.92 Å². The fourth-order valence-corrected chi connectivity index (χ4v) is 6.04. The van der Waals surface area contributed by atoms with Gasteiger partial charge < -0.3 is 16.0 Å². The molecule has 6 aromatic rings. The van der Waals surface area contributed by atoms with E-state index in [1.54, 1.807) is 73.3 Å². The number of carbonyl (C=O) groups is 3. The number of nitrogens with zero attached hydrogens (tertiary/aromatic N) is 2. The van der Waals surface area contributed by atoms with E-state index in [9.17, 15) is 19.2 Å². The van der Waals surface area contributed by atoms with Gasteiger partial charge in [-0.2, -0.15) is 0 Å². The maximum atomic E-state index is 13.6. The van der Waals surface area contributed by atoms with E-state index >= 15 is 0 Å². The van der Waals surface area contributed by atoms with Crippen molar-refractivity contribution in [2.75, 3.05) is 16.4 Å². The van der Waals surface area contributed by atoms with Gasteiger partial charge in [-0.15, -0.1) is 11.8 Å². The first kappa shape index (κ1) is 32.8. The van der Waals surface area contributed by atoms with E-state index in [1.807, 2.05) is 78.9 Å². The normalized spacial score (nSPS) is 11.3. The molecule has 5 aromatic carbocycles. The summed E-state index contributed by atoms with van der Waals surface area (Å²) in [5, 5.41) is 10.4. The third kappa shape index (κ3) is 7.55. The largest absolute Gasteiger partial charge is 0.321 e. The van der Waals surface area contributed by atoms with Crippen LogP contribution in [0.2, 0.25) is 0 Å². The van der Waals surface area contributed by atoms with Crippen molar-refractivity contribution in [2.24, 2.45) is 7.05 Å². The molecule has 0 aliphatic heterocycles. The molecule has 0 atom stereocenters. The van der Waals surface area contributed by atoms with Crippen LogP contribution >= 0.6 is 11.8 Å². The third-order valence-electron chi connectivity index (χ3n) is 7.95. The summed E-state index contributed by atoms with van der Waals surface area (Å²) in [6.07, 6.45) is 1.67. The standard InChI is InChI=1S/C39H33N5O4S/c1-26-36(39(48)44(43(26)2)31-17-7-4-8-18-31)42-35(45)25-49-32-22-20-30(21-23-32)40-38(47)34(41-37(46)28-13-5-3-6-14-28)24-29-16-11-15-27-12-9-10-19-33(27)29/h3-24H,25H2,1-2H3,(H,40,47)(H,41,46)(H,42,45)/b34-24-. The van der Waals surface area contributed by atoms with Crippen LogP contribution in [0.15, 0.2) is 143 Å². The van der Waals surface area contributed by atoms with E-state index in [1.165, 1.54) is 16.4 Å². The molecule has 0 unspecified atom stereocenters. The summed E-state index contributed by atoms with van der Waals surface area (Å²) in [6, 6.07) is 38.6. The highest BCUT2D eigenvalue weighted by Crippen LogP contribution is 2.23. The number of aromatic nitrogens is 2. The van der Waals surface area contributed by atoms with Crippen LogP contribution < -0.4 is 21.5 Å². The fraction of sp³-hybridized carbons (Fsp3) is 0.0769.